The Balaban J connectivity index is 2.31. The number of methoxy groups -OCH3 is 1. The summed E-state index contributed by atoms with van der Waals surface area (Å²) in [7, 11) is 1.30. The number of carbonyl (C=O) groups excluding carboxylic acids is 2. The molecule has 0 radical (unpaired) electrons. The van der Waals surface area contributed by atoms with Gasteiger partial charge in [-0.15, -0.1) is 0 Å². The summed E-state index contributed by atoms with van der Waals surface area (Å²) in [6.45, 7) is 0.252. The fourth-order valence-electron chi connectivity index (χ4n) is 2.10. The van der Waals surface area contributed by atoms with Crippen molar-refractivity contribution in [3.63, 3.8) is 0 Å². The first kappa shape index (κ1) is 13.6. The molecule has 1 heterocycles. The molecule has 1 aromatic rings. The Hall–Kier alpha value is -1.87. The van der Waals surface area contributed by atoms with Gasteiger partial charge in [-0.3, -0.25) is 9.59 Å². The molecule has 0 N–H and O–H groups in total. The Morgan fingerprint density at radius 1 is 1.58 bits per heavy atom. The first-order valence-corrected chi connectivity index (χ1v) is 6.44. The minimum absolute atomic E-state index is 0.119. The molecule has 2 rings (SSSR count). The van der Waals surface area contributed by atoms with Crippen LogP contribution in [0.4, 0.5) is 5.69 Å². The maximum absolute atomic E-state index is 12.0. The third-order valence-electron chi connectivity index (χ3n) is 3.03. The first-order valence-electron chi connectivity index (χ1n) is 5.64. The number of ether oxygens (including phenoxy) is 1. The summed E-state index contributed by atoms with van der Waals surface area (Å²) in [4.78, 5) is 24.9. The van der Waals surface area contributed by atoms with Crippen molar-refractivity contribution < 1.29 is 14.3 Å². The summed E-state index contributed by atoms with van der Waals surface area (Å²) in [6.07, 6.45) is 0.119. The van der Waals surface area contributed by atoms with Crippen LogP contribution in [-0.4, -0.2) is 25.5 Å². The molecule has 1 aliphatic heterocycles. The van der Waals surface area contributed by atoms with E-state index in [0.29, 0.717) is 11.3 Å². The lowest BCUT2D eigenvalue weighted by Gasteiger charge is -2.17. The van der Waals surface area contributed by atoms with Crippen LogP contribution in [0, 0.1) is 17.2 Å². The lowest BCUT2D eigenvalue weighted by atomic mass is 10.1. The number of hydrogen-bond acceptors (Lipinski definition) is 4. The van der Waals surface area contributed by atoms with Crippen LogP contribution in [0.25, 0.3) is 0 Å². The van der Waals surface area contributed by atoms with Gasteiger partial charge in [-0.25, -0.2) is 0 Å². The second-order valence-electron chi connectivity index (χ2n) is 4.20. The van der Waals surface area contributed by atoms with Crippen molar-refractivity contribution in [3.05, 3.63) is 28.2 Å². The Labute approximate surface area is 118 Å². The molecule has 5 nitrogen and oxygen atoms in total. The van der Waals surface area contributed by atoms with Gasteiger partial charge in [-0.1, -0.05) is 15.9 Å². The predicted octanol–water partition coefficient (Wildman–Crippen LogP) is 1.85. The molecule has 1 aromatic carbocycles. The van der Waals surface area contributed by atoms with E-state index in [1.54, 1.807) is 18.2 Å². The molecule has 19 heavy (non-hydrogen) atoms. The van der Waals surface area contributed by atoms with Gasteiger partial charge in [-0.05, 0) is 18.2 Å². The van der Waals surface area contributed by atoms with Crippen LogP contribution in [0.1, 0.15) is 12.0 Å². The van der Waals surface area contributed by atoms with Gasteiger partial charge >= 0.3 is 5.97 Å². The Morgan fingerprint density at radius 3 is 2.95 bits per heavy atom. The molecule has 0 spiro atoms. The molecule has 1 aliphatic rings. The second-order valence-corrected chi connectivity index (χ2v) is 5.12. The van der Waals surface area contributed by atoms with Crippen LogP contribution < -0.4 is 4.90 Å². The first-order chi connectivity index (χ1) is 9.06. The van der Waals surface area contributed by atoms with E-state index in [-0.39, 0.29) is 18.9 Å². The molecule has 1 amide bonds. The number of carbonyl (C=O) groups is 2. The van der Waals surface area contributed by atoms with E-state index in [2.05, 4.69) is 26.7 Å². The molecule has 1 saturated heterocycles. The fraction of sp³-hybridized carbons (Fsp3) is 0.308. The van der Waals surface area contributed by atoms with E-state index >= 15 is 0 Å². The number of halogens is 1. The van der Waals surface area contributed by atoms with Gasteiger partial charge in [0.25, 0.3) is 0 Å². The highest BCUT2D eigenvalue weighted by Gasteiger charge is 2.36. The number of esters is 1. The van der Waals surface area contributed by atoms with Gasteiger partial charge < -0.3 is 9.64 Å². The average Bonchev–Trinajstić information content (AvgIpc) is 2.79. The minimum atomic E-state index is -0.465. The summed E-state index contributed by atoms with van der Waals surface area (Å²) in [5.74, 6) is -1.03. The predicted molar refractivity (Wildman–Crippen MR) is 71.3 cm³/mol. The lowest BCUT2D eigenvalue weighted by molar-refractivity contribution is -0.145. The molecule has 0 aliphatic carbocycles. The van der Waals surface area contributed by atoms with E-state index < -0.39 is 11.9 Å². The maximum Gasteiger partial charge on any atom is 0.311 e. The molecular weight excluding hydrogens is 312 g/mol. The van der Waals surface area contributed by atoms with Gasteiger partial charge in [0.05, 0.1) is 24.3 Å². The zero-order valence-corrected chi connectivity index (χ0v) is 11.8. The smallest absolute Gasteiger partial charge is 0.311 e. The van der Waals surface area contributed by atoms with Gasteiger partial charge in [-0.2, -0.15) is 5.26 Å². The molecule has 6 heteroatoms. The third-order valence-corrected chi connectivity index (χ3v) is 3.52. The molecule has 0 aromatic heterocycles. The highest BCUT2D eigenvalue weighted by atomic mass is 79.9. The molecular formula is C13H11BrN2O3. The largest absolute Gasteiger partial charge is 0.469 e. The number of nitrogens with zero attached hydrogens (tertiary/aromatic N) is 2. The zero-order valence-electron chi connectivity index (χ0n) is 10.2. The summed E-state index contributed by atoms with van der Waals surface area (Å²) in [5, 5.41) is 9.11. The number of amides is 1. The fourth-order valence-corrected chi connectivity index (χ4v) is 2.46. The summed E-state index contributed by atoms with van der Waals surface area (Å²) in [5.41, 5.74) is 0.926. The highest BCUT2D eigenvalue weighted by molar-refractivity contribution is 9.10. The van der Waals surface area contributed by atoms with Crippen LogP contribution >= 0.6 is 15.9 Å². The number of anilines is 1. The highest BCUT2D eigenvalue weighted by Crippen LogP contribution is 2.30. The van der Waals surface area contributed by atoms with Crippen LogP contribution in [0.2, 0.25) is 0 Å². The lowest BCUT2D eigenvalue weighted by Crippen LogP contribution is -2.26. The maximum atomic E-state index is 12.0. The van der Waals surface area contributed by atoms with E-state index in [0.717, 1.165) is 4.47 Å². The standard InChI is InChI=1S/C13H11BrN2O3/c1-19-13(18)9-5-12(17)16(7-9)11-3-2-10(14)4-8(11)6-15/h2-4,9H,5,7H2,1H3. The molecule has 1 unspecified atom stereocenters. The van der Waals surface area contributed by atoms with Gasteiger partial charge in [0.1, 0.15) is 6.07 Å². The van der Waals surface area contributed by atoms with Gasteiger partial charge in [0.2, 0.25) is 5.91 Å². The van der Waals surface area contributed by atoms with Crippen molar-refractivity contribution in [2.75, 3.05) is 18.6 Å². The van der Waals surface area contributed by atoms with Crippen LogP contribution in [0.15, 0.2) is 22.7 Å². The van der Waals surface area contributed by atoms with E-state index in [4.69, 9.17) is 5.26 Å². The topological polar surface area (TPSA) is 70.4 Å². The number of rotatable bonds is 2. The van der Waals surface area contributed by atoms with Crippen molar-refractivity contribution >= 4 is 33.5 Å². The molecule has 1 atom stereocenters. The molecule has 1 fully saturated rings. The Kier molecular flexibility index (Phi) is 3.86. The van der Waals surface area contributed by atoms with Crippen LogP contribution in [-0.2, 0) is 14.3 Å². The van der Waals surface area contributed by atoms with Crippen molar-refractivity contribution in [2.24, 2.45) is 5.92 Å². The molecule has 0 bridgehead atoms. The zero-order chi connectivity index (χ0) is 14.0. The van der Waals surface area contributed by atoms with Gasteiger partial charge in [0.15, 0.2) is 0 Å². The second kappa shape index (κ2) is 5.41. The number of benzene rings is 1. The normalized spacial score (nSPS) is 18.3. The van der Waals surface area contributed by atoms with Gasteiger partial charge in [0, 0.05) is 17.4 Å². The third kappa shape index (κ3) is 2.61. The monoisotopic (exact) mass is 322 g/mol. The summed E-state index contributed by atoms with van der Waals surface area (Å²) in [6, 6.07) is 7.15. The number of nitriles is 1. The Bertz CT molecular complexity index is 580. The Morgan fingerprint density at radius 2 is 2.32 bits per heavy atom. The molecule has 0 saturated carbocycles. The van der Waals surface area contributed by atoms with Crippen molar-refractivity contribution in [3.8, 4) is 6.07 Å². The van der Waals surface area contributed by atoms with Crippen LogP contribution in [0.5, 0.6) is 0 Å². The summed E-state index contributed by atoms with van der Waals surface area (Å²) >= 11 is 3.28. The van der Waals surface area contributed by atoms with Crippen molar-refractivity contribution in [2.45, 2.75) is 6.42 Å². The average molecular weight is 323 g/mol. The number of hydrogen-bond donors (Lipinski definition) is 0. The summed E-state index contributed by atoms with van der Waals surface area (Å²) < 4.78 is 5.42. The van der Waals surface area contributed by atoms with Crippen molar-refractivity contribution in [1.82, 2.24) is 0 Å². The minimum Gasteiger partial charge on any atom is -0.469 e. The van der Waals surface area contributed by atoms with Crippen LogP contribution in [0.3, 0.4) is 0 Å². The van der Waals surface area contributed by atoms with E-state index in [9.17, 15) is 9.59 Å². The molecule has 98 valence electrons. The van der Waals surface area contributed by atoms with Crippen molar-refractivity contribution in [1.29, 1.82) is 5.26 Å². The van der Waals surface area contributed by atoms with E-state index in [1.807, 2.05) is 0 Å². The quantitative estimate of drug-likeness (QED) is 0.779. The SMILES string of the molecule is COC(=O)C1CC(=O)N(c2ccc(Br)cc2C#N)C1. The van der Waals surface area contributed by atoms with E-state index in [1.165, 1.54) is 12.0 Å².